The first kappa shape index (κ1) is 17.4. The van der Waals surface area contributed by atoms with E-state index < -0.39 is 0 Å². The molecule has 2 aliphatic rings. The standard InChI is InChI=1S/C17H25N5O3/c1-19-16(24)11-14(12-18-19)20-7-9-21(10-8-20)17(25)13-22-6-4-2-3-5-15(22)23/h11-12H,2-10,13H2,1H3. The average Bonchev–Trinajstić information content (AvgIpc) is 2.82. The summed E-state index contributed by atoms with van der Waals surface area (Å²) in [6.07, 6.45) is 5.18. The average molecular weight is 347 g/mol. The topological polar surface area (TPSA) is 78.8 Å². The first-order chi connectivity index (χ1) is 12.0. The van der Waals surface area contributed by atoms with Crippen molar-refractivity contribution < 1.29 is 9.59 Å². The predicted octanol–water partition coefficient (Wildman–Crippen LogP) is -0.168. The third-order valence-corrected chi connectivity index (χ3v) is 4.95. The number of hydrogen-bond donors (Lipinski definition) is 0. The van der Waals surface area contributed by atoms with Crippen molar-refractivity contribution in [2.24, 2.45) is 7.05 Å². The summed E-state index contributed by atoms with van der Waals surface area (Å²) in [6.45, 7) is 3.38. The van der Waals surface area contributed by atoms with E-state index in [-0.39, 0.29) is 23.9 Å². The lowest BCUT2D eigenvalue weighted by atomic mass is 10.2. The van der Waals surface area contributed by atoms with Crippen molar-refractivity contribution in [3.63, 3.8) is 0 Å². The lowest BCUT2D eigenvalue weighted by molar-refractivity contribution is -0.140. The highest BCUT2D eigenvalue weighted by Gasteiger charge is 2.25. The third-order valence-electron chi connectivity index (χ3n) is 4.95. The number of likely N-dealkylation sites (tertiary alicyclic amines) is 1. The summed E-state index contributed by atoms with van der Waals surface area (Å²) in [5, 5.41) is 4.04. The van der Waals surface area contributed by atoms with Gasteiger partial charge in [-0.2, -0.15) is 5.10 Å². The first-order valence-electron chi connectivity index (χ1n) is 8.88. The number of amides is 2. The normalized spacial score (nSPS) is 19.1. The van der Waals surface area contributed by atoms with Gasteiger partial charge in [-0.25, -0.2) is 4.68 Å². The van der Waals surface area contributed by atoms with Crippen LogP contribution in [-0.2, 0) is 16.6 Å². The van der Waals surface area contributed by atoms with Crippen LogP contribution in [0.4, 0.5) is 5.69 Å². The summed E-state index contributed by atoms with van der Waals surface area (Å²) in [5.41, 5.74) is 0.647. The Labute approximate surface area is 147 Å². The Morgan fingerprint density at radius 2 is 1.84 bits per heavy atom. The van der Waals surface area contributed by atoms with Gasteiger partial charge >= 0.3 is 0 Å². The molecule has 8 nitrogen and oxygen atoms in total. The molecule has 0 spiro atoms. The number of nitrogens with zero attached hydrogens (tertiary/aromatic N) is 5. The largest absolute Gasteiger partial charge is 0.367 e. The van der Waals surface area contributed by atoms with Crippen LogP contribution in [0.5, 0.6) is 0 Å². The predicted molar refractivity (Wildman–Crippen MR) is 93.3 cm³/mol. The van der Waals surface area contributed by atoms with Gasteiger partial charge < -0.3 is 14.7 Å². The molecule has 3 rings (SSSR count). The second-order valence-electron chi connectivity index (χ2n) is 6.67. The van der Waals surface area contributed by atoms with Crippen molar-refractivity contribution in [2.75, 3.05) is 44.2 Å². The second kappa shape index (κ2) is 7.67. The molecule has 0 bridgehead atoms. The molecule has 8 heteroatoms. The Balaban J connectivity index is 1.54. The van der Waals surface area contributed by atoms with Crippen molar-refractivity contribution in [3.05, 3.63) is 22.6 Å². The van der Waals surface area contributed by atoms with E-state index in [0.29, 0.717) is 39.1 Å². The molecule has 0 saturated carbocycles. The summed E-state index contributed by atoms with van der Waals surface area (Å²) in [7, 11) is 1.62. The Hall–Kier alpha value is -2.38. The zero-order valence-corrected chi connectivity index (χ0v) is 14.7. The van der Waals surface area contributed by atoms with Gasteiger partial charge in [0, 0.05) is 52.3 Å². The number of piperazine rings is 1. The lowest BCUT2D eigenvalue weighted by Crippen LogP contribution is -2.52. The molecular weight excluding hydrogens is 322 g/mol. The smallest absolute Gasteiger partial charge is 0.268 e. The van der Waals surface area contributed by atoms with Gasteiger partial charge in [-0.1, -0.05) is 6.42 Å². The molecule has 1 aromatic rings. The van der Waals surface area contributed by atoms with E-state index in [0.717, 1.165) is 24.9 Å². The van der Waals surface area contributed by atoms with Gasteiger partial charge in [-0.05, 0) is 12.8 Å². The molecule has 136 valence electrons. The maximum Gasteiger partial charge on any atom is 0.268 e. The Morgan fingerprint density at radius 1 is 1.08 bits per heavy atom. The van der Waals surface area contributed by atoms with Crippen LogP contribution in [0, 0.1) is 0 Å². The highest BCUT2D eigenvalue weighted by atomic mass is 16.2. The van der Waals surface area contributed by atoms with E-state index in [4.69, 9.17) is 0 Å². The molecule has 0 N–H and O–H groups in total. The summed E-state index contributed by atoms with van der Waals surface area (Å²) in [6, 6.07) is 1.57. The molecule has 2 fully saturated rings. The number of hydrogen-bond acceptors (Lipinski definition) is 5. The molecule has 1 aromatic heterocycles. The van der Waals surface area contributed by atoms with E-state index in [1.54, 1.807) is 24.2 Å². The summed E-state index contributed by atoms with van der Waals surface area (Å²) < 4.78 is 1.29. The summed E-state index contributed by atoms with van der Waals surface area (Å²) in [4.78, 5) is 41.8. The first-order valence-corrected chi connectivity index (χ1v) is 8.88. The monoisotopic (exact) mass is 347 g/mol. The van der Waals surface area contributed by atoms with Crippen LogP contribution in [0.25, 0.3) is 0 Å². The fourth-order valence-electron chi connectivity index (χ4n) is 3.32. The second-order valence-corrected chi connectivity index (χ2v) is 6.67. The molecule has 0 aromatic carbocycles. The van der Waals surface area contributed by atoms with E-state index >= 15 is 0 Å². The fraction of sp³-hybridized carbons (Fsp3) is 0.647. The van der Waals surface area contributed by atoms with Gasteiger partial charge in [0.25, 0.3) is 5.56 Å². The van der Waals surface area contributed by atoms with E-state index in [1.807, 2.05) is 4.90 Å². The number of rotatable bonds is 3. The van der Waals surface area contributed by atoms with Gasteiger partial charge in [0.1, 0.15) is 0 Å². The Bertz CT molecular complexity index is 694. The van der Waals surface area contributed by atoms with E-state index in [9.17, 15) is 14.4 Å². The number of anilines is 1. The minimum absolute atomic E-state index is 0.0111. The van der Waals surface area contributed by atoms with Gasteiger partial charge in [-0.3, -0.25) is 14.4 Å². The maximum atomic E-state index is 12.5. The van der Waals surface area contributed by atoms with Crippen LogP contribution >= 0.6 is 0 Å². The summed E-state index contributed by atoms with van der Waals surface area (Å²) >= 11 is 0. The van der Waals surface area contributed by atoms with E-state index in [1.165, 1.54) is 4.68 Å². The zero-order chi connectivity index (χ0) is 17.8. The molecule has 2 aliphatic heterocycles. The van der Waals surface area contributed by atoms with Gasteiger partial charge in [0.05, 0.1) is 18.4 Å². The van der Waals surface area contributed by atoms with Crippen LogP contribution in [0.2, 0.25) is 0 Å². The minimum atomic E-state index is -0.143. The van der Waals surface area contributed by atoms with E-state index in [2.05, 4.69) is 10.00 Å². The molecule has 25 heavy (non-hydrogen) atoms. The molecule has 0 unspecified atom stereocenters. The third kappa shape index (κ3) is 4.18. The molecule has 2 saturated heterocycles. The van der Waals surface area contributed by atoms with Gasteiger partial charge in [0.2, 0.25) is 11.8 Å². The Kier molecular flexibility index (Phi) is 5.35. The zero-order valence-electron chi connectivity index (χ0n) is 14.7. The maximum absolute atomic E-state index is 12.5. The Morgan fingerprint density at radius 3 is 2.56 bits per heavy atom. The van der Waals surface area contributed by atoms with Crippen molar-refractivity contribution in [3.8, 4) is 0 Å². The molecule has 0 atom stereocenters. The highest BCUT2D eigenvalue weighted by molar-refractivity contribution is 5.85. The SMILES string of the molecule is Cn1ncc(N2CCN(C(=O)CN3CCCCCC3=O)CC2)cc1=O. The van der Waals surface area contributed by atoms with Crippen molar-refractivity contribution in [1.82, 2.24) is 19.6 Å². The molecule has 0 radical (unpaired) electrons. The molecule has 3 heterocycles. The van der Waals surface area contributed by atoms with Gasteiger partial charge in [-0.15, -0.1) is 0 Å². The van der Waals surface area contributed by atoms with Crippen LogP contribution in [0.15, 0.2) is 17.1 Å². The van der Waals surface area contributed by atoms with Crippen LogP contribution in [-0.4, -0.2) is 70.7 Å². The molecular formula is C17H25N5O3. The van der Waals surface area contributed by atoms with Gasteiger partial charge in [0.15, 0.2) is 0 Å². The quantitative estimate of drug-likeness (QED) is 0.759. The number of aromatic nitrogens is 2. The van der Waals surface area contributed by atoms with Crippen LogP contribution in [0.1, 0.15) is 25.7 Å². The summed E-state index contributed by atoms with van der Waals surface area (Å²) in [5.74, 6) is 0.104. The number of carbonyl (C=O) groups is 2. The highest BCUT2D eigenvalue weighted by Crippen LogP contribution is 2.14. The molecule has 0 aliphatic carbocycles. The molecule has 2 amide bonds. The lowest BCUT2D eigenvalue weighted by Gasteiger charge is -2.36. The van der Waals surface area contributed by atoms with Crippen LogP contribution < -0.4 is 10.5 Å². The van der Waals surface area contributed by atoms with Crippen molar-refractivity contribution in [2.45, 2.75) is 25.7 Å². The van der Waals surface area contributed by atoms with Crippen molar-refractivity contribution >= 4 is 17.5 Å². The minimum Gasteiger partial charge on any atom is -0.367 e. The van der Waals surface area contributed by atoms with Crippen molar-refractivity contribution in [1.29, 1.82) is 0 Å². The number of carbonyl (C=O) groups excluding carboxylic acids is 2. The number of aryl methyl sites for hydroxylation is 1. The van der Waals surface area contributed by atoms with Crippen LogP contribution in [0.3, 0.4) is 0 Å². The fourth-order valence-corrected chi connectivity index (χ4v) is 3.32.